The van der Waals surface area contributed by atoms with Crippen molar-refractivity contribution < 1.29 is 53.9 Å². The van der Waals surface area contributed by atoms with E-state index in [9.17, 15) is 49.1 Å². The molecule has 0 radical (unpaired) electrons. The maximum atomic E-state index is 13.4. The van der Waals surface area contributed by atoms with Crippen molar-refractivity contribution in [3.05, 3.63) is 105 Å². The summed E-state index contributed by atoms with van der Waals surface area (Å²) >= 11 is 5.92. The van der Waals surface area contributed by atoms with Gasteiger partial charge in [0.25, 0.3) is 5.91 Å². The molecule has 1 atom stereocenters. The van der Waals surface area contributed by atoms with Gasteiger partial charge in [-0.05, 0) is 60.4 Å². The van der Waals surface area contributed by atoms with Gasteiger partial charge < -0.3 is 9.64 Å². The Hall–Kier alpha value is -4.11. The number of amides is 2. The zero-order valence-corrected chi connectivity index (χ0v) is 25.8. The molecule has 0 heterocycles. The normalized spacial score (nSPS) is 12.7. The highest BCUT2D eigenvalue weighted by atomic mass is 35.5. The van der Waals surface area contributed by atoms with Crippen LogP contribution in [0, 0.1) is 0 Å². The number of methoxy groups -OCH3 is 1. The van der Waals surface area contributed by atoms with Gasteiger partial charge in [0, 0.05) is 30.1 Å². The van der Waals surface area contributed by atoms with E-state index >= 15 is 0 Å². The van der Waals surface area contributed by atoms with Crippen molar-refractivity contribution in [1.82, 2.24) is 9.62 Å². The Bertz CT molecular complexity index is 1660. The molecule has 3 rings (SSSR count). The quantitative estimate of drug-likeness (QED) is 0.187. The molecule has 0 fully saturated rings. The summed E-state index contributed by atoms with van der Waals surface area (Å²) in [5.74, 6) is -3.75. The highest BCUT2D eigenvalue weighted by Gasteiger charge is 2.38. The molecule has 8 nitrogen and oxygen atoms in total. The molecule has 16 heteroatoms. The number of ether oxygens (including phenoxy) is 1. The Morgan fingerprint density at radius 1 is 0.913 bits per heavy atom. The van der Waals surface area contributed by atoms with Crippen molar-refractivity contribution in [1.29, 1.82) is 0 Å². The molecule has 0 aromatic heterocycles. The van der Waals surface area contributed by atoms with Crippen LogP contribution in [0.15, 0.2) is 66.7 Å². The molecule has 0 aliphatic rings. The summed E-state index contributed by atoms with van der Waals surface area (Å²) < 4.78 is 113. The Labute approximate surface area is 265 Å². The molecular formula is C30H27ClF6N2O6S. The Morgan fingerprint density at radius 2 is 1.48 bits per heavy atom. The number of esters is 1. The van der Waals surface area contributed by atoms with E-state index in [1.165, 1.54) is 36.4 Å². The van der Waals surface area contributed by atoms with E-state index in [1.807, 2.05) is 4.72 Å². The molecule has 0 bridgehead atoms. The van der Waals surface area contributed by atoms with Gasteiger partial charge in [-0.3, -0.25) is 14.3 Å². The van der Waals surface area contributed by atoms with Gasteiger partial charge in [-0.1, -0.05) is 41.9 Å². The Balaban J connectivity index is 1.85. The highest BCUT2D eigenvalue weighted by Crippen LogP contribution is 2.36. The second kappa shape index (κ2) is 14.5. The largest absolute Gasteiger partial charge is 0.465 e. The van der Waals surface area contributed by atoms with Crippen LogP contribution < -0.4 is 4.72 Å². The number of benzene rings is 3. The van der Waals surface area contributed by atoms with Crippen LogP contribution in [0.1, 0.15) is 55.8 Å². The van der Waals surface area contributed by atoms with Crippen LogP contribution in [0.25, 0.3) is 0 Å². The summed E-state index contributed by atoms with van der Waals surface area (Å²) in [6.07, 6.45) is -11.1. The molecule has 0 saturated heterocycles. The number of nitrogens with zero attached hydrogens (tertiary/aromatic N) is 1. The fraction of sp³-hybridized carbons (Fsp3) is 0.300. The summed E-state index contributed by atoms with van der Waals surface area (Å²) in [5.41, 5.74) is -3.66. The van der Waals surface area contributed by atoms with Gasteiger partial charge in [0.15, 0.2) is 0 Å². The fourth-order valence-corrected chi connectivity index (χ4v) is 5.80. The fourth-order valence-electron chi connectivity index (χ4n) is 4.49. The SMILES string of the molecule is COC(=O)c1ccccc1CS(=O)(=O)NC(=O)CCC(Cc1ccc(Cl)cc1)N(C)C(=O)c1cc(C(F)(F)F)cc(C(F)(F)F)c1. The van der Waals surface area contributed by atoms with Gasteiger partial charge in [0.1, 0.15) is 0 Å². The van der Waals surface area contributed by atoms with Gasteiger partial charge in [-0.15, -0.1) is 0 Å². The minimum absolute atomic E-state index is 0.0168. The lowest BCUT2D eigenvalue weighted by atomic mass is 9.98. The zero-order valence-electron chi connectivity index (χ0n) is 24.2. The number of carbonyl (C=O) groups excluding carboxylic acids is 3. The van der Waals surface area contributed by atoms with E-state index in [0.29, 0.717) is 22.7 Å². The van der Waals surface area contributed by atoms with E-state index < -0.39 is 75.1 Å². The van der Waals surface area contributed by atoms with Crippen LogP contribution in [0.4, 0.5) is 26.3 Å². The lowest BCUT2D eigenvalue weighted by Gasteiger charge is -2.29. The second-order valence-electron chi connectivity index (χ2n) is 10.2. The third-order valence-corrected chi connectivity index (χ3v) is 8.31. The lowest BCUT2D eigenvalue weighted by molar-refractivity contribution is -0.143. The number of carbonyl (C=O) groups is 3. The monoisotopic (exact) mass is 692 g/mol. The number of rotatable bonds is 11. The summed E-state index contributed by atoms with van der Waals surface area (Å²) in [4.78, 5) is 38.9. The molecule has 248 valence electrons. The van der Waals surface area contributed by atoms with Gasteiger partial charge in [0.05, 0.1) is 29.6 Å². The predicted molar refractivity (Wildman–Crippen MR) is 155 cm³/mol. The first-order valence-corrected chi connectivity index (χ1v) is 15.3. The van der Waals surface area contributed by atoms with Crippen molar-refractivity contribution in [2.75, 3.05) is 14.2 Å². The third kappa shape index (κ3) is 9.94. The first-order chi connectivity index (χ1) is 21.3. The molecule has 3 aromatic rings. The minimum Gasteiger partial charge on any atom is -0.465 e. The zero-order chi connectivity index (χ0) is 34.4. The van der Waals surface area contributed by atoms with Gasteiger partial charge in [-0.25, -0.2) is 13.2 Å². The molecule has 1 N–H and O–H groups in total. The van der Waals surface area contributed by atoms with Crippen molar-refractivity contribution in [3.63, 3.8) is 0 Å². The topological polar surface area (TPSA) is 110 Å². The molecule has 3 aromatic carbocycles. The minimum atomic E-state index is -5.18. The molecule has 0 spiro atoms. The maximum Gasteiger partial charge on any atom is 0.416 e. The van der Waals surface area contributed by atoms with Crippen molar-refractivity contribution in [2.24, 2.45) is 0 Å². The smallest absolute Gasteiger partial charge is 0.416 e. The van der Waals surface area contributed by atoms with Crippen LogP contribution in [-0.2, 0) is 44.1 Å². The molecule has 0 saturated carbocycles. The molecular weight excluding hydrogens is 666 g/mol. The van der Waals surface area contributed by atoms with E-state index in [0.717, 1.165) is 19.1 Å². The lowest BCUT2D eigenvalue weighted by Crippen LogP contribution is -2.40. The van der Waals surface area contributed by atoms with Crippen LogP contribution in [0.3, 0.4) is 0 Å². The number of likely N-dealkylation sites (N-methyl/N-ethyl adjacent to an activating group) is 1. The molecule has 0 aliphatic carbocycles. The molecule has 46 heavy (non-hydrogen) atoms. The number of halogens is 7. The molecule has 0 aliphatic heterocycles. The number of hydrogen-bond donors (Lipinski definition) is 1. The number of sulfonamides is 1. The van der Waals surface area contributed by atoms with Crippen molar-refractivity contribution in [3.8, 4) is 0 Å². The van der Waals surface area contributed by atoms with Gasteiger partial charge in [-0.2, -0.15) is 26.3 Å². The van der Waals surface area contributed by atoms with E-state index in [-0.39, 0.29) is 30.0 Å². The summed E-state index contributed by atoms with van der Waals surface area (Å²) in [6, 6.07) is 11.4. The predicted octanol–water partition coefficient (Wildman–Crippen LogP) is 6.27. The van der Waals surface area contributed by atoms with E-state index in [1.54, 1.807) is 12.1 Å². The molecule has 2 amide bonds. The number of nitrogens with one attached hydrogen (secondary N) is 1. The summed E-state index contributed by atoms with van der Waals surface area (Å²) in [6.45, 7) is 0. The number of hydrogen-bond acceptors (Lipinski definition) is 6. The van der Waals surface area contributed by atoms with Crippen LogP contribution >= 0.6 is 11.6 Å². The average Bonchev–Trinajstić information content (AvgIpc) is 2.97. The van der Waals surface area contributed by atoms with Gasteiger partial charge in [0.2, 0.25) is 15.9 Å². The van der Waals surface area contributed by atoms with Crippen LogP contribution in [-0.4, -0.2) is 51.3 Å². The van der Waals surface area contributed by atoms with E-state index in [4.69, 9.17) is 11.6 Å². The van der Waals surface area contributed by atoms with Crippen LogP contribution in [0.2, 0.25) is 5.02 Å². The van der Waals surface area contributed by atoms with Crippen molar-refractivity contribution in [2.45, 2.75) is 43.4 Å². The first kappa shape index (κ1) is 36.4. The Kier molecular flexibility index (Phi) is 11.5. The summed E-state index contributed by atoms with van der Waals surface area (Å²) in [7, 11) is -2.08. The Morgan fingerprint density at radius 3 is 2.02 bits per heavy atom. The maximum absolute atomic E-state index is 13.4. The second-order valence-corrected chi connectivity index (χ2v) is 12.3. The van der Waals surface area contributed by atoms with Gasteiger partial charge >= 0.3 is 18.3 Å². The molecule has 1 unspecified atom stereocenters. The van der Waals surface area contributed by atoms with Crippen molar-refractivity contribution >= 4 is 39.4 Å². The highest BCUT2D eigenvalue weighted by molar-refractivity contribution is 7.89. The van der Waals surface area contributed by atoms with E-state index in [2.05, 4.69) is 4.74 Å². The standard InChI is InChI=1S/C30H27ClF6N2O6S/c1-39(27(41)20-14-21(29(32,33)34)16-22(15-20)30(35,36)37)24(13-18-7-9-23(31)10-8-18)11-12-26(40)38-46(43,44)17-19-5-3-4-6-25(19)28(42)45-2/h3-10,14-16,24H,11-13,17H2,1-2H3,(H,38,40). The third-order valence-electron chi connectivity index (χ3n) is 6.83. The average molecular weight is 693 g/mol. The number of alkyl halides is 6. The summed E-state index contributed by atoms with van der Waals surface area (Å²) in [5, 5.41) is 0.367. The first-order valence-electron chi connectivity index (χ1n) is 13.3. The van der Waals surface area contributed by atoms with Crippen LogP contribution in [0.5, 0.6) is 0 Å².